The number of methoxy groups -OCH3 is 1. The Morgan fingerprint density at radius 3 is 2.68 bits per heavy atom. The van der Waals surface area contributed by atoms with E-state index in [-0.39, 0.29) is 11.7 Å². The Kier molecular flexibility index (Phi) is 3.75. The second kappa shape index (κ2) is 5.96. The van der Waals surface area contributed by atoms with Crippen LogP contribution in [0.4, 0.5) is 0 Å². The molecule has 2 aromatic carbocycles. The van der Waals surface area contributed by atoms with E-state index in [1.165, 1.54) is 0 Å². The lowest BCUT2D eigenvalue weighted by Gasteiger charge is -2.29. The van der Waals surface area contributed by atoms with Crippen LogP contribution in [0.5, 0.6) is 11.5 Å². The average Bonchev–Trinajstić information content (AvgIpc) is 3.10. The smallest absolute Gasteiger partial charge is 0.158 e. The highest BCUT2D eigenvalue weighted by Crippen LogP contribution is 2.41. The van der Waals surface area contributed by atoms with E-state index in [2.05, 4.69) is 23.4 Å². The third-order valence-corrected chi connectivity index (χ3v) is 4.54. The molecule has 128 valence electrons. The molecule has 2 aliphatic heterocycles. The van der Waals surface area contributed by atoms with Crippen LogP contribution in [0.2, 0.25) is 0 Å². The van der Waals surface area contributed by atoms with Crippen molar-refractivity contribution in [1.29, 1.82) is 0 Å². The number of ether oxygens (including phenoxy) is 2. The molecule has 25 heavy (non-hydrogen) atoms. The van der Waals surface area contributed by atoms with Crippen LogP contribution >= 0.6 is 0 Å². The van der Waals surface area contributed by atoms with Crippen LogP contribution in [0, 0.1) is 0 Å². The summed E-state index contributed by atoms with van der Waals surface area (Å²) in [6.07, 6.45) is 4.77. The minimum Gasteiger partial charge on any atom is -0.495 e. The van der Waals surface area contributed by atoms with E-state index in [0.29, 0.717) is 0 Å². The lowest BCUT2D eigenvalue weighted by Crippen LogP contribution is -2.27. The molecule has 0 aliphatic carbocycles. The number of oxime groups is 1. The lowest BCUT2D eigenvalue weighted by atomic mass is 9.95. The number of hydrogen-bond acceptors (Lipinski definition) is 4. The molecule has 2 heterocycles. The van der Waals surface area contributed by atoms with Gasteiger partial charge in [-0.25, -0.2) is 0 Å². The molecule has 4 rings (SSSR count). The first-order valence-corrected chi connectivity index (χ1v) is 8.45. The molecule has 0 amide bonds. The van der Waals surface area contributed by atoms with Crippen molar-refractivity contribution in [2.24, 2.45) is 5.16 Å². The summed E-state index contributed by atoms with van der Waals surface area (Å²) in [5.74, 6) is 1.60. The summed E-state index contributed by atoms with van der Waals surface area (Å²) in [5.41, 5.74) is 3.61. The van der Waals surface area contributed by atoms with Crippen LogP contribution in [-0.2, 0) is 4.84 Å². The maximum absolute atomic E-state index is 6.03. The number of nitrogens with zero attached hydrogens (tertiary/aromatic N) is 1. The first-order chi connectivity index (χ1) is 12.1. The molecule has 0 fully saturated rings. The third kappa shape index (κ3) is 2.88. The summed E-state index contributed by atoms with van der Waals surface area (Å²) in [5, 5.41) is 4.32. The number of hydrogen-bond donors (Lipinski definition) is 0. The van der Waals surface area contributed by atoms with E-state index in [1.54, 1.807) is 7.11 Å². The molecule has 0 spiro atoms. The Labute approximate surface area is 147 Å². The van der Waals surface area contributed by atoms with Crippen molar-refractivity contribution in [3.8, 4) is 11.5 Å². The van der Waals surface area contributed by atoms with E-state index < -0.39 is 0 Å². The fourth-order valence-corrected chi connectivity index (χ4v) is 3.26. The molecule has 4 heteroatoms. The number of fused-ring (bicyclic) bond motifs is 1. The van der Waals surface area contributed by atoms with Crippen molar-refractivity contribution in [3.05, 3.63) is 65.2 Å². The summed E-state index contributed by atoms with van der Waals surface area (Å²) in [6, 6.07) is 14.1. The molecule has 0 radical (unpaired) electrons. The van der Waals surface area contributed by atoms with E-state index >= 15 is 0 Å². The largest absolute Gasteiger partial charge is 0.495 e. The molecule has 0 bridgehead atoms. The van der Waals surface area contributed by atoms with Crippen LogP contribution < -0.4 is 9.47 Å². The van der Waals surface area contributed by atoms with E-state index in [4.69, 9.17) is 14.3 Å². The monoisotopic (exact) mass is 335 g/mol. The van der Waals surface area contributed by atoms with E-state index in [0.717, 1.165) is 40.3 Å². The molecule has 0 aromatic heterocycles. The van der Waals surface area contributed by atoms with E-state index in [9.17, 15) is 0 Å². The lowest BCUT2D eigenvalue weighted by molar-refractivity contribution is 0.0857. The Hall–Kier alpha value is -2.75. The van der Waals surface area contributed by atoms with Gasteiger partial charge in [-0.2, -0.15) is 0 Å². The fraction of sp³-hybridized carbons (Fsp3) is 0.286. The highest BCUT2D eigenvalue weighted by Gasteiger charge is 2.29. The summed E-state index contributed by atoms with van der Waals surface area (Å²) in [6.45, 7) is 4.07. The quantitative estimate of drug-likeness (QED) is 0.813. The van der Waals surface area contributed by atoms with Gasteiger partial charge in [0.25, 0.3) is 0 Å². The van der Waals surface area contributed by atoms with Crippen molar-refractivity contribution >= 4 is 11.8 Å². The van der Waals surface area contributed by atoms with Crippen LogP contribution in [-0.4, -0.2) is 18.4 Å². The topological polar surface area (TPSA) is 40.0 Å². The molecule has 2 aromatic rings. The fourth-order valence-electron chi connectivity index (χ4n) is 3.26. The SMILES string of the molecule is COc1c(C2=NOC(c3ccccc3)C2)ccc2c1C=CC(C)(C)O2. The van der Waals surface area contributed by atoms with Crippen LogP contribution in [0.25, 0.3) is 6.08 Å². The van der Waals surface area contributed by atoms with Crippen LogP contribution in [0.1, 0.15) is 43.1 Å². The first-order valence-electron chi connectivity index (χ1n) is 8.45. The third-order valence-electron chi connectivity index (χ3n) is 4.54. The Morgan fingerprint density at radius 2 is 1.92 bits per heavy atom. The van der Waals surface area contributed by atoms with Gasteiger partial charge in [0.05, 0.1) is 18.4 Å². The number of rotatable bonds is 3. The van der Waals surface area contributed by atoms with Gasteiger partial charge in [-0.15, -0.1) is 0 Å². The van der Waals surface area contributed by atoms with Crippen molar-refractivity contribution in [2.75, 3.05) is 7.11 Å². The van der Waals surface area contributed by atoms with Crippen LogP contribution in [0.3, 0.4) is 0 Å². The van der Waals surface area contributed by atoms with Gasteiger partial charge < -0.3 is 14.3 Å². The zero-order valence-corrected chi connectivity index (χ0v) is 14.7. The second-order valence-corrected chi connectivity index (χ2v) is 6.84. The molecule has 0 N–H and O–H groups in total. The maximum Gasteiger partial charge on any atom is 0.158 e. The zero-order chi connectivity index (χ0) is 17.4. The Bertz CT molecular complexity index is 853. The zero-order valence-electron chi connectivity index (χ0n) is 14.7. The molecular weight excluding hydrogens is 314 g/mol. The van der Waals surface area contributed by atoms with Gasteiger partial charge in [0, 0.05) is 12.0 Å². The highest BCUT2D eigenvalue weighted by molar-refractivity contribution is 6.04. The average molecular weight is 335 g/mol. The molecule has 1 unspecified atom stereocenters. The summed E-state index contributed by atoms with van der Waals surface area (Å²) < 4.78 is 11.7. The molecule has 1 atom stereocenters. The van der Waals surface area contributed by atoms with Gasteiger partial charge in [-0.1, -0.05) is 35.5 Å². The predicted octanol–water partition coefficient (Wildman–Crippen LogP) is 4.75. The van der Waals surface area contributed by atoms with Gasteiger partial charge in [0.15, 0.2) is 6.10 Å². The van der Waals surface area contributed by atoms with E-state index in [1.807, 2.05) is 50.3 Å². The second-order valence-electron chi connectivity index (χ2n) is 6.84. The molecule has 0 saturated heterocycles. The summed E-state index contributed by atoms with van der Waals surface area (Å²) in [7, 11) is 1.68. The predicted molar refractivity (Wildman–Crippen MR) is 98.2 cm³/mol. The van der Waals surface area contributed by atoms with Gasteiger partial charge in [-0.05, 0) is 43.7 Å². The maximum atomic E-state index is 6.03. The molecule has 0 saturated carbocycles. The summed E-state index contributed by atoms with van der Waals surface area (Å²) >= 11 is 0. The van der Waals surface area contributed by atoms with Gasteiger partial charge in [0.1, 0.15) is 17.1 Å². The molecule has 2 aliphatic rings. The van der Waals surface area contributed by atoms with Crippen molar-refractivity contribution < 1.29 is 14.3 Å². The number of benzene rings is 2. The minimum atomic E-state index is -0.314. The van der Waals surface area contributed by atoms with Gasteiger partial charge in [0.2, 0.25) is 0 Å². The normalized spacial score (nSPS) is 20.3. The van der Waals surface area contributed by atoms with Gasteiger partial charge >= 0.3 is 0 Å². The standard InChI is InChI=1S/C21H21NO3/c1-21(2)12-11-16-18(24-21)10-9-15(20(16)23-3)17-13-19(25-22-17)14-7-5-4-6-8-14/h4-12,19H,13H2,1-3H3. The van der Waals surface area contributed by atoms with Crippen molar-refractivity contribution in [1.82, 2.24) is 0 Å². The summed E-state index contributed by atoms with van der Waals surface area (Å²) in [4.78, 5) is 5.67. The Morgan fingerprint density at radius 1 is 1.12 bits per heavy atom. The van der Waals surface area contributed by atoms with Crippen molar-refractivity contribution in [3.63, 3.8) is 0 Å². The van der Waals surface area contributed by atoms with Crippen LogP contribution in [0.15, 0.2) is 53.7 Å². The Balaban J connectivity index is 1.66. The minimum absolute atomic E-state index is 0.0531. The molecule has 4 nitrogen and oxygen atoms in total. The first kappa shape index (κ1) is 15.8. The van der Waals surface area contributed by atoms with Crippen molar-refractivity contribution in [2.45, 2.75) is 32.0 Å². The molecular formula is C21H21NO3. The van der Waals surface area contributed by atoms with Gasteiger partial charge in [-0.3, -0.25) is 0 Å². The highest BCUT2D eigenvalue weighted by atomic mass is 16.6.